The molecular weight excluding hydrogens is 262 g/mol. The van der Waals surface area contributed by atoms with Gasteiger partial charge < -0.3 is 15.1 Å². The second-order valence-electron chi connectivity index (χ2n) is 6.05. The molecule has 1 aromatic rings. The van der Waals surface area contributed by atoms with Crippen molar-refractivity contribution in [2.45, 2.75) is 31.8 Å². The van der Waals surface area contributed by atoms with E-state index in [1.807, 2.05) is 37.2 Å². The SMILES string of the molecule is CN(C)CCN(Cc1ccccc1)C(=O)[C@@H]1CCCCN1. The lowest BCUT2D eigenvalue weighted by Gasteiger charge is -2.31. The number of nitrogens with one attached hydrogen (secondary N) is 1. The summed E-state index contributed by atoms with van der Waals surface area (Å²) < 4.78 is 0. The minimum atomic E-state index is 0.00428. The lowest BCUT2D eigenvalue weighted by molar-refractivity contribution is -0.134. The highest BCUT2D eigenvalue weighted by Crippen LogP contribution is 2.12. The van der Waals surface area contributed by atoms with E-state index in [0.717, 1.165) is 32.5 Å². The Kier molecular flexibility index (Phi) is 6.21. The van der Waals surface area contributed by atoms with Crippen LogP contribution in [0.2, 0.25) is 0 Å². The van der Waals surface area contributed by atoms with Crippen LogP contribution in [0.25, 0.3) is 0 Å². The van der Waals surface area contributed by atoms with Crippen LogP contribution in [0, 0.1) is 0 Å². The number of hydrogen-bond acceptors (Lipinski definition) is 3. The molecule has 1 aliphatic rings. The van der Waals surface area contributed by atoms with Gasteiger partial charge in [-0.3, -0.25) is 4.79 Å². The summed E-state index contributed by atoms with van der Waals surface area (Å²) in [6.07, 6.45) is 3.29. The predicted molar refractivity (Wildman–Crippen MR) is 86.1 cm³/mol. The number of likely N-dealkylation sites (N-methyl/N-ethyl adjacent to an activating group) is 1. The maximum absolute atomic E-state index is 12.8. The van der Waals surface area contributed by atoms with Crippen LogP contribution in [0.1, 0.15) is 24.8 Å². The number of rotatable bonds is 6. The van der Waals surface area contributed by atoms with Gasteiger partial charge in [0.25, 0.3) is 0 Å². The van der Waals surface area contributed by atoms with E-state index in [2.05, 4.69) is 22.3 Å². The Morgan fingerprint density at radius 1 is 1.19 bits per heavy atom. The fraction of sp³-hybridized carbons (Fsp3) is 0.588. The Balaban J connectivity index is 2.01. The average molecular weight is 289 g/mol. The molecule has 1 fully saturated rings. The van der Waals surface area contributed by atoms with Crippen LogP contribution < -0.4 is 5.32 Å². The monoisotopic (exact) mass is 289 g/mol. The van der Waals surface area contributed by atoms with E-state index < -0.39 is 0 Å². The number of carbonyl (C=O) groups excluding carboxylic acids is 1. The zero-order chi connectivity index (χ0) is 15.1. The molecule has 1 amide bonds. The molecule has 2 rings (SSSR count). The molecule has 0 aromatic heterocycles. The van der Waals surface area contributed by atoms with Crippen LogP contribution in [0.5, 0.6) is 0 Å². The summed E-state index contributed by atoms with van der Waals surface area (Å²) in [7, 11) is 4.09. The third-order valence-electron chi connectivity index (χ3n) is 3.95. The third kappa shape index (κ3) is 5.14. The van der Waals surface area contributed by atoms with E-state index in [1.54, 1.807) is 0 Å². The van der Waals surface area contributed by atoms with Crippen LogP contribution in [-0.4, -0.2) is 55.5 Å². The van der Waals surface area contributed by atoms with Crippen LogP contribution in [-0.2, 0) is 11.3 Å². The van der Waals surface area contributed by atoms with Gasteiger partial charge in [0, 0.05) is 19.6 Å². The van der Waals surface area contributed by atoms with Gasteiger partial charge in [-0.15, -0.1) is 0 Å². The Hall–Kier alpha value is -1.39. The zero-order valence-corrected chi connectivity index (χ0v) is 13.2. The first-order valence-corrected chi connectivity index (χ1v) is 7.87. The summed E-state index contributed by atoms with van der Waals surface area (Å²) in [5.74, 6) is 0.250. The molecule has 1 atom stereocenters. The van der Waals surface area contributed by atoms with Crippen molar-refractivity contribution in [2.75, 3.05) is 33.7 Å². The van der Waals surface area contributed by atoms with E-state index in [9.17, 15) is 4.79 Å². The van der Waals surface area contributed by atoms with Crippen molar-refractivity contribution in [1.29, 1.82) is 0 Å². The van der Waals surface area contributed by atoms with E-state index in [0.29, 0.717) is 6.54 Å². The molecule has 1 heterocycles. The topological polar surface area (TPSA) is 35.6 Å². The van der Waals surface area contributed by atoms with Crippen molar-refractivity contribution >= 4 is 5.91 Å². The maximum Gasteiger partial charge on any atom is 0.240 e. The number of carbonyl (C=O) groups is 1. The Bertz CT molecular complexity index is 427. The van der Waals surface area contributed by atoms with Gasteiger partial charge in [0.05, 0.1) is 6.04 Å². The molecule has 0 aliphatic carbocycles. The zero-order valence-electron chi connectivity index (χ0n) is 13.2. The van der Waals surface area contributed by atoms with E-state index in [4.69, 9.17) is 0 Å². The molecule has 0 spiro atoms. The van der Waals surface area contributed by atoms with Crippen molar-refractivity contribution in [1.82, 2.24) is 15.1 Å². The van der Waals surface area contributed by atoms with Crippen LogP contribution >= 0.6 is 0 Å². The van der Waals surface area contributed by atoms with E-state index >= 15 is 0 Å². The summed E-state index contributed by atoms with van der Waals surface area (Å²) in [6, 6.07) is 10.3. The first-order valence-electron chi connectivity index (χ1n) is 7.87. The van der Waals surface area contributed by atoms with Crippen molar-refractivity contribution in [3.8, 4) is 0 Å². The highest BCUT2D eigenvalue weighted by Gasteiger charge is 2.25. The van der Waals surface area contributed by atoms with Gasteiger partial charge in [-0.1, -0.05) is 36.8 Å². The smallest absolute Gasteiger partial charge is 0.240 e. The number of nitrogens with zero attached hydrogens (tertiary/aromatic N) is 2. The summed E-state index contributed by atoms with van der Waals surface area (Å²) >= 11 is 0. The Labute approximate surface area is 128 Å². The molecule has 4 heteroatoms. The summed E-state index contributed by atoms with van der Waals surface area (Å²) in [6.45, 7) is 3.33. The van der Waals surface area contributed by atoms with E-state index in [1.165, 1.54) is 12.0 Å². The minimum Gasteiger partial charge on any atom is -0.336 e. The summed E-state index contributed by atoms with van der Waals surface area (Å²) in [5.41, 5.74) is 1.19. The van der Waals surface area contributed by atoms with Gasteiger partial charge in [-0.2, -0.15) is 0 Å². The summed E-state index contributed by atoms with van der Waals surface area (Å²) in [4.78, 5) is 16.9. The molecule has 0 radical (unpaired) electrons. The quantitative estimate of drug-likeness (QED) is 0.866. The lowest BCUT2D eigenvalue weighted by atomic mass is 10.0. The second kappa shape index (κ2) is 8.15. The Morgan fingerprint density at radius 3 is 2.57 bits per heavy atom. The first kappa shape index (κ1) is 16.0. The third-order valence-corrected chi connectivity index (χ3v) is 3.95. The average Bonchev–Trinajstić information content (AvgIpc) is 2.52. The van der Waals surface area contributed by atoms with Crippen LogP contribution in [0.3, 0.4) is 0 Å². The van der Waals surface area contributed by atoms with Gasteiger partial charge in [-0.25, -0.2) is 0 Å². The highest BCUT2D eigenvalue weighted by atomic mass is 16.2. The van der Waals surface area contributed by atoms with E-state index in [-0.39, 0.29) is 11.9 Å². The van der Waals surface area contributed by atoms with Gasteiger partial charge >= 0.3 is 0 Å². The fourth-order valence-electron chi connectivity index (χ4n) is 2.67. The summed E-state index contributed by atoms with van der Waals surface area (Å²) in [5, 5.41) is 3.37. The second-order valence-corrected chi connectivity index (χ2v) is 6.05. The molecule has 1 saturated heterocycles. The maximum atomic E-state index is 12.8. The lowest BCUT2D eigenvalue weighted by Crippen LogP contribution is -2.49. The van der Waals surface area contributed by atoms with Crippen LogP contribution in [0.15, 0.2) is 30.3 Å². The molecule has 21 heavy (non-hydrogen) atoms. The molecule has 116 valence electrons. The predicted octanol–water partition coefficient (Wildman–Crippen LogP) is 1.72. The van der Waals surface area contributed by atoms with Crippen molar-refractivity contribution in [3.63, 3.8) is 0 Å². The number of benzene rings is 1. The molecule has 0 unspecified atom stereocenters. The fourth-order valence-corrected chi connectivity index (χ4v) is 2.67. The van der Waals surface area contributed by atoms with Crippen molar-refractivity contribution in [2.24, 2.45) is 0 Å². The molecule has 1 aliphatic heterocycles. The first-order chi connectivity index (χ1) is 10.2. The standard InChI is InChI=1S/C17H27N3O/c1-19(2)12-13-20(14-15-8-4-3-5-9-15)17(21)16-10-6-7-11-18-16/h3-5,8-9,16,18H,6-7,10-14H2,1-2H3/t16-/m0/s1. The molecule has 1 N–H and O–H groups in total. The highest BCUT2D eigenvalue weighted by molar-refractivity contribution is 5.82. The molecule has 0 bridgehead atoms. The van der Waals surface area contributed by atoms with Gasteiger partial charge in [-0.05, 0) is 39.0 Å². The minimum absolute atomic E-state index is 0.00428. The Morgan fingerprint density at radius 2 is 1.95 bits per heavy atom. The molecule has 4 nitrogen and oxygen atoms in total. The van der Waals surface area contributed by atoms with Gasteiger partial charge in [0.15, 0.2) is 0 Å². The van der Waals surface area contributed by atoms with Crippen molar-refractivity contribution < 1.29 is 4.79 Å². The molecule has 0 saturated carbocycles. The number of piperidine rings is 1. The largest absolute Gasteiger partial charge is 0.336 e. The number of amides is 1. The molecule has 1 aromatic carbocycles. The molecular formula is C17H27N3O. The van der Waals surface area contributed by atoms with Gasteiger partial charge in [0.1, 0.15) is 0 Å². The normalized spacial score (nSPS) is 18.7. The van der Waals surface area contributed by atoms with Crippen molar-refractivity contribution in [3.05, 3.63) is 35.9 Å². The van der Waals surface area contributed by atoms with Crippen LogP contribution in [0.4, 0.5) is 0 Å². The van der Waals surface area contributed by atoms with Gasteiger partial charge in [0.2, 0.25) is 5.91 Å². The number of hydrogen-bond donors (Lipinski definition) is 1.